The van der Waals surface area contributed by atoms with Crippen LogP contribution in [0.3, 0.4) is 0 Å². The Balaban J connectivity index is 1.70. The summed E-state index contributed by atoms with van der Waals surface area (Å²) in [6, 6.07) is 0. The maximum absolute atomic E-state index is 12.6. The number of carbonyl (C=O) groups is 2. The molecule has 5 nitrogen and oxygen atoms in total. The second kappa shape index (κ2) is 9.64. The van der Waals surface area contributed by atoms with Crippen LogP contribution in [-0.4, -0.2) is 34.4 Å². The Labute approximate surface area is 229 Å². The molecule has 5 heteroatoms. The summed E-state index contributed by atoms with van der Waals surface area (Å²) in [5, 5.41) is 21.9. The number of carbonyl (C=O) groups excluding carboxylic acids is 1. The van der Waals surface area contributed by atoms with Gasteiger partial charge in [0.15, 0.2) is 0 Å². The van der Waals surface area contributed by atoms with E-state index in [0.717, 1.165) is 31.3 Å². The Kier molecular flexibility index (Phi) is 7.39. The summed E-state index contributed by atoms with van der Waals surface area (Å²) < 4.78 is 5.80. The summed E-state index contributed by atoms with van der Waals surface area (Å²) in [7, 11) is 0. The molecule has 38 heavy (non-hydrogen) atoms. The summed E-state index contributed by atoms with van der Waals surface area (Å²) in [5.41, 5.74) is 2.93. The smallest absolute Gasteiger partial charge is 0.306 e. The summed E-state index contributed by atoms with van der Waals surface area (Å²) in [6.07, 6.45) is 9.26. The van der Waals surface area contributed by atoms with Crippen molar-refractivity contribution in [2.24, 2.45) is 45.3 Å². The van der Waals surface area contributed by atoms with Crippen LogP contribution in [0.5, 0.6) is 0 Å². The van der Waals surface area contributed by atoms with Gasteiger partial charge in [-0.3, -0.25) is 9.59 Å². The largest absolute Gasteiger partial charge is 0.481 e. The quantitative estimate of drug-likeness (QED) is 0.273. The van der Waals surface area contributed by atoms with E-state index in [4.69, 9.17) is 4.74 Å². The minimum absolute atomic E-state index is 0.0428. The van der Waals surface area contributed by atoms with Crippen molar-refractivity contribution in [1.82, 2.24) is 0 Å². The average molecular weight is 527 g/mol. The van der Waals surface area contributed by atoms with Crippen LogP contribution < -0.4 is 0 Å². The standard InChI is InChI=1S/C33H50O5/c1-19(2)20(3)10-11-22(29(36)37)28-25(35)18-33(9)24-12-13-26-30(5,6)27(38-21(4)34)15-16-31(26,7)23(24)14-17-32(28,33)8/h12,14,19,22,25-28,35H,3,10-11,13,15-18H2,1-2,4-9H3,(H,36,37)/t22-,25-,26?,27-,28+,31-,32-,33+/m1/s1. The summed E-state index contributed by atoms with van der Waals surface area (Å²) in [6.45, 7) is 21.2. The Morgan fingerprint density at radius 1 is 1.13 bits per heavy atom. The molecule has 0 aromatic heterocycles. The monoisotopic (exact) mass is 526 g/mol. The summed E-state index contributed by atoms with van der Waals surface area (Å²) in [4.78, 5) is 24.5. The molecule has 4 aliphatic carbocycles. The van der Waals surface area contributed by atoms with Crippen molar-refractivity contribution >= 4 is 11.9 Å². The van der Waals surface area contributed by atoms with Crippen molar-refractivity contribution in [3.05, 3.63) is 35.5 Å². The molecule has 0 bridgehead atoms. The molecule has 0 radical (unpaired) electrons. The number of carboxylic acids is 1. The molecule has 0 aliphatic heterocycles. The van der Waals surface area contributed by atoms with E-state index in [0.29, 0.717) is 31.1 Å². The number of esters is 1. The lowest BCUT2D eigenvalue weighted by atomic mass is 9.44. The van der Waals surface area contributed by atoms with E-state index in [2.05, 4.69) is 67.2 Å². The summed E-state index contributed by atoms with van der Waals surface area (Å²) >= 11 is 0. The van der Waals surface area contributed by atoms with E-state index in [9.17, 15) is 19.8 Å². The van der Waals surface area contributed by atoms with Gasteiger partial charge in [0.2, 0.25) is 0 Å². The lowest BCUT2D eigenvalue weighted by molar-refractivity contribution is -0.165. The van der Waals surface area contributed by atoms with E-state index in [1.54, 1.807) is 0 Å². The third kappa shape index (κ3) is 4.22. The first-order valence-corrected chi connectivity index (χ1v) is 14.7. The zero-order valence-corrected chi connectivity index (χ0v) is 24.9. The van der Waals surface area contributed by atoms with Crippen LogP contribution in [-0.2, 0) is 14.3 Å². The predicted octanol–water partition coefficient (Wildman–Crippen LogP) is 7.11. The minimum atomic E-state index is -0.805. The second-order valence-corrected chi connectivity index (χ2v) is 14.4. The van der Waals surface area contributed by atoms with Crippen molar-refractivity contribution in [3.8, 4) is 0 Å². The maximum atomic E-state index is 12.6. The number of rotatable bonds is 7. The van der Waals surface area contributed by atoms with Gasteiger partial charge in [-0.25, -0.2) is 0 Å². The van der Waals surface area contributed by atoms with E-state index in [1.807, 2.05) is 0 Å². The highest BCUT2D eigenvalue weighted by Gasteiger charge is 2.66. The van der Waals surface area contributed by atoms with Gasteiger partial charge in [0, 0.05) is 23.7 Å². The zero-order chi connectivity index (χ0) is 28.4. The Bertz CT molecular complexity index is 1070. The number of allylic oxidation sites excluding steroid dienone is 5. The van der Waals surface area contributed by atoms with Crippen molar-refractivity contribution in [1.29, 1.82) is 0 Å². The number of carboxylic acid groups (broad SMARTS) is 1. The number of aliphatic carboxylic acids is 1. The third-order valence-corrected chi connectivity index (χ3v) is 11.9. The summed E-state index contributed by atoms with van der Waals surface area (Å²) in [5.74, 6) is -1.28. The normalized spacial score (nSPS) is 40.3. The molecule has 212 valence electrons. The van der Waals surface area contributed by atoms with Crippen LogP contribution in [0.2, 0.25) is 0 Å². The van der Waals surface area contributed by atoms with E-state index < -0.39 is 18.0 Å². The number of aliphatic hydroxyl groups is 1. The van der Waals surface area contributed by atoms with Gasteiger partial charge < -0.3 is 14.9 Å². The highest BCUT2D eigenvalue weighted by molar-refractivity contribution is 5.71. The topological polar surface area (TPSA) is 83.8 Å². The van der Waals surface area contributed by atoms with Gasteiger partial charge >= 0.3 is 11.9 Å². The van der Waals surface area contributed by atoms with Crippen LogP contribution in [0.25, 0.3) is 0 Å². The molecular weight excluding hydrogens is 476 g/mol. The number of fused-ring (bicyclic) bond motifs is 5. The lowest BCUT2D eigenvalue weighted by Crippen LogP contribution is -2.55. The van der Waals surface area contributed by atoms with Gasteiger partial charge in [-0.05, 0) is 78.8 Å². The van der Waals surface area contributed by atoms with Crippen LogP contribution >= 0.6 is 0 Å². The van der Waals surface area contributed by atoms with Crippen molar-refractivity contribution in [2.45, 2.75) is 113 Å². The SMILES string of the molecule is C=C(CC[C@@H](C(=O)O)[C@H]1[C@H](O)C[C@@]2(C)C3=CCC4C(C)(C)[C@H](OC(C)=O)CC[C@]4(C)C3=CC[C@]12C)C(C)C. The van der Waals surface area contributed by atoms with Gasteiger partial charge in [0.05, 0.1) is 12.0 Å². The van der Waals surface area contributed by atoms with E-state index >= 15 is 0 Å². The lowest BCUT2D eigenvalue weighted by Gasteiger charge is -2.61. The number of hydrogen-bond donors (Lipinski definition) is 2. The molecule has 1 unspecified atom stereocenters. The predicted molar refractivity (Wildman–Crippen MR) is 150 cm³/mol. The van der Waals surface area contributed by atoms with Crippen LogP contribution in [0, 0.1) is 45.3 Å². The molecule has 0 spiro atoms. The first-order valence-electron chi connectivity index (χ1n) is 14.7. The fourth-order valence-electron chi connectivity index (χ4n) is 9.30. The van der Waals surface area contributed by atoms with Crippen LogP contribution in [0.1, 0.15) is 100 Å². The molecule has 2 saturated carbocycles. The minimum Gasteiger partial charge on any atom is -0.481 e. The molecule has 2 N–H and O–H groups in total. The zero-order valence-electron chi connectivity index (χ0n) is 24.9. The van der Waals surface area contributed by atoms with Gasteiger partial charge in [-0.2, -0.15) is 0 Å². The third-order valence-electron chi connectivity index (χ3n) is 11.9. The Hall–Kier alpha value is -1.88. The second-order valence-electron chi connectivity index (χ2n) is 14.4. The average Bonchev–Trinajstić information content (AvgIpc) is 3.01. The molecule has 0 aromatic rings. The first kappa shape index (κ1) is 29.1. The van der Waals surface area contributed by atoms with Crippen molar-refractivity contribution in [3.63, 3.8) is 0 Å². The molecule has 4 aliphatic rings. The highest BCUT2D eigenvalue weighted by atomic mass is 16.5. The molecule has 4 rings (SSSR count). The van der Waals surface area contributed by atoms with Gasteiger partial charge in [-0.1, -0.05) is 72.8 Å². The van der Waals surface area contributed by atoms with Gasteiger partial charge in [0.1, 0.15) is 6.10 Å². The maximum Gasteiger partial charge on any atom is 0.306 e. The molecule has 0 heterocycles. The van der Waals surface area contributed by atoms with Crippen molar-refractivity contribution in [2.75, 3.05) is 0 Å². The van der Waals surface area contributed by atoms with Crippen LogP contribution in [0.4, 0.5) is 0 Å². The first-order chi connectivity index (χ1) is 17.5. The van der Waals surface area contributed by atoms with E-state index in [1.165, 1.54) is 18.1 Å². The number of ether oxygens (including phenoxy) is 1. The molecule has 8 atom stereocenters. The van der Waals surface area contributed by atoms with Gasteiger partial charge in [0.25, 0.3) is 0 Å². The number of hydrogen-bond acceptors (Lipinski definition) is 4. The molecule has 0 saturated heterocycles. The van der Waals surface area contributed by atoms with E-state index in [-0.39, 0.29) is 39.7 Å². The highest BCUT2D eigenvalue weighted by Crippen LogP contribution is 2.72. The molecular formula is C33H50O5. The molecule has 0 amide bonds. The molecule has 2 fully saturated rings. The Morgan fingerprint density at radius 3 is 2.37 bits per heavy atom. The number of aliphatic hydroxyl groups excluding tert-OH is 1. The van der Waals surface area contributed by atoms with Crippen LogP contribution in [0.15, 0.2) is 35.5 Å². The molecule has 0 aromatic carbocycles. The van der Waals surface area contributed by atoms with Crippen molar-refractivity contribution < 1.29 is 24.5 Å². The fourth-order valence-corrected chi connectivity index (χ4v) is 9.30. The Morgan fingerprint density at radius 2 is 1.79 bits per heavy atom. The van der Waals surface area contributed by atoms with Gasteiger partial charge in [-0.15, -0.1) is 0 Å². The fraction of sp³-hybridized carbons (Fsp3) is 0.758.